The molecule has 2 aromatic carbocycles. The first-order chi connectivity index (χ1) is 31.2. The monoisotopic (exact) mass is 897 g/mol. The lowest BCUT2D eigenvalue weighted by molar-refractivity contribution is 0.0676. The molecule has 28 heteroatoms. The maximum absolute atomic E-state index is 11.9. The number of likely N-dealkylation sites (N-methyl/N-ethyl adjacent to an activating group) is 1. The van der Waals surface area contributed by atoms with Crippen LogP contribution in [0.4, 0.5) is 34.5 Å². The van der Waals surface area contributed by atoms with Crippen molar-refractivity contribution in [3.05, 3.63) is 92.7 Å². The number of hydrogen-bond donors (Lipinski definition) is 7. The highest BCUT2D eigenvalue weighted by Crippen LogP contribution is 2.38. The van der Waals surface area contributed by atoms with Crippen LogP contribution in [0, 0.1) is 43.4 Å². The van der Waals surface area contributed by atoms with E-state index in [0.717, 1.165) is 38.3 Å². The number of nitriles is 2. The van der Waals surface area contributed by atoms with Crippen molar-refractivity contribution in [1.82, 2.24) is 49.3 Å². The third-order valence-electron chi connectivity index (χ3n) is 9.91. The molecule has 4 aromatic heterocycles. The molecule has 0 radical (unpaired) electrons. The first-order valence-electron chi connectivity index (χ1n) is 18.6. The summed E-state index contributed by atoms with van der Waals surface area (Å²) in [6.45, 7) is 6.14. The summed E-state index contributed by atoms with van der Waals surface area (Å²) in [5.41, 5.74) is 11.8. The average Bonchev–Trinajstić information content (AvgIpc) is 3.93. The summed E-state index contributed by atoms with van der Waals surface area (Å²) in [7, 11) is 1.58. The van der Waals surface area contributed by atoms with Gasteiger partial charge in [-0.15, -0.1) is 20.5 Å². The lowest BCUT2D eigenvalue weighted by atomic mass is 10.1. The number of carboxylic acid groups (broad SMARTS) is 4. The first kappa shape index (κ1) is 44.1. The zero-order valence-electron chi connectivity index (χ0n) is 34.7. The van der Waals surface area contributed by atoms with E-state index in [-0.39, 0.29) is 108 Å². The van der Waals surface area contributed by atoms with Crippen molar-refractivity contribution in [2.45, 2.75) is 33.7 Å². The van der Waals surface area contributed by atoms with Gasteiger partial charge >= 0.3 is 29.9 Å². The van der Waals surface area contributed by atoms with E-state index in [4.69, 9.17) is 11.5 Å². The van der Waals surface area contributed by atoms with Gasteiger partial charge in [-0.2, -0.15) is 50.1 Å². The molecule has 1 atom stereocenters. The molecule has 6 aromatic rings. The second kappa shape index (κ2) is 16.7. The molecular formula is C38H31N19O9. The topological polar surface area (TPSA) is 417 Å². The largest absolute Gasteiger partial charge is 0.479 e. The van der Waals surface area contributed by atoms with Crippen molar-refractivity contribution in [2.75, 3.05) is 23.5 Å². The number of carbonyl (C=O) groups is 4. The van der Waals surface area contributed by atoms with Gasteiger partial charge in [-0.3, -0.25) is 5.01 Å². The van der Waals surface area contributed by atoms with Crippen LogP contribution in [-0.4, -0.2) is 112 Å². The second-order valence-electron chi connectivity index (χ2n) is 14.1. The number of aromatic hydroxyl groups is 1. The van der Waals surface area contributed by atoms with Gasteiger partial charge in [-0.25, -0.2) is 28.9 Å². The molecule has 7 rings (SSSR count). The van der Waals surface area contributed by atoms with E-state index in [9.17, 15) is 55.2 Å². The molecule has 1 aliphatic rings. The molecule has 0 fully saturated rings. The van der Waals surface area contributed by atoms with Gasteiger partial charge in [0.05, 0.1) is 62.3 Å². The van der Waals surface area contributed by atoms with Gasteiger partial charge in [0.25, 0.3) is 11.9 Å². The second-order valence-corrected chi connectivity index (χ2v) is 14.1. The van der Waals surface area contributed by atoms with Crippen LogP contribution in [0.2, 0.25) is 0 Å². The molecule has 66 heavy (non-hydrogen) atoms. The fraction of sp³-hybridized carbons (Fsp3) is 0.158. The fourth-order valence-corrected chi connectivity index (χ4v) is 6.59. The van der Waals surface area contributed by atoms with E-state index in [0.29, 0.717) is 0 Å². The van der Waals surface area contributed by atoms with Gasteiger partial charge in [0.15, 0.2) is 34.6 Å². The minimum atomic E-state index is -1.42. The Bertz CT molecular complexity index is 3210. The van der Waals surface area contributed by atoms with E-state index in [2.05, 4.69) is 56.8 Å². The lowest BCUT2D eigenvalue weighted by Gasteiger charge is -2.29. The van der Waals surface area contributed by atoms with Crippen LogP contribution in [0.1, 0.15) is 71.0 Å². The Balaban J connectivity index is 1.24. The van der Waals surface area contributed by atoms with Gasteiger partial charge < -0.3 is 37.0 Å². The Morgan fingerprint density at radius 2 is 1.08 bits per heavy atom. The number of nitrogens with two attached hydrogens (primary N) is 2. The van der Waals surface area contributed by atoms with Crippen LogP contribution < -0.4 is 16.5 Å². The van der Waals surface area contributed by atoms with Crippen LogP contribution >= 0.6 is 0 Å². The fourth-order valence-electron chi connectivity index (χ4n) is 6.59. The molecule has 332 valence electrons. The Kier molecular flexibility index (Phi) is 11.2. The molecular weight excluding hydrogens is 867 g/mol. The number of azo groups is 2. The number of aromatic carboxylic acids is 4. The molecule has 0 spiro atoms. The Labute approximate surface area is 368 Å². The van der Waals surface area contributed by atoms with Crippen LogP contribution in [0.3, 0.4) is 0 Å². The zero-order valence-corrected chi connectivity index (χ0v) is 34.7. The highest BCUT2D eigenvalue weighted by atomic mass is 16.4. The van der Waals surface area contributed by atoms with Gasteiger partial charge in [-0.1, -0.05) is 0 Å². The molecule has 0 bridgehead atoms. The zero-order chi connectivity index (χ0) is 48.0. The van der Waals surface area contributed by atoms with Crippen LogP contribution in [0.15, 0.2) is 68.2 Å². The highest BCUT2D eigenvalue weighted by molar-refractivity contribution is 5.96. The summed E-state index contributed by atoms with van der Waals surface area (Å²) in [6.07, 6.45) is 0. The number of aromatic nitrogens is 9. The Morgan fingerprint density at radius 3 is 1.52 bits per heavy atom. The van der Waals surface area contributed by atoms with Crippen molar-refractivity contribution in [2.24, 2.45) is 20.5 Å². The number of aryl methyl sites for hydroxylation is 3. The molecule has 5 heterocycles. The summed E-state index contributed by atoms with van der Waals surface area (Å²) >= 11 is 0. The molecule has 0 saturated carbocycles. The van der Waals surface area contributed by atoms with E-state index < -0.39 is 35.9 Å². The Hall–Kier alpha value is -9.96. The average molecular weight is 898 g/mol. The SMILES string of the molecule is Cc1nn(-c2cc(C(=O)O)cc(C(=O)O)c2)c(N=Nc2c(C)nn(-c3nc(O)nc(-n4nc(C)c(N=NC5=C(C#N)C(C)N(C)N5c5cc(C(=O)O)cc(C(=O)O)c5)c4N)n3)c2N)c1C#N. The van der Waals surface area contributed by atoms with Crippen LogP contribution in [-0.2, 0) is 0 Å². The molecule has 0 aliphatic carbocycles. The molecule has 1 unspecified atom stereocenters. The predicted molar refractivity (Wildman–Crippen MR) is 222 cm³/mol. The number of nitrogen functional groups attached to an aromatic ring is 2. The smallest absolute Gasteiger partial charge is 0.335 e. The molecule has 0 amide bonds. The van der Waals surface area contributed by atoms with E-state index in [1.807, 2.05) is 6.07 Å². The molecule has 9 N–H and O–H groups in total. The number of benzene rings is 2. The maximum atomic E-state index is 11.9. The standard InChI is InChI=1S/C38H31N19O9/c1-14-24(12-39)30(54(50-14)22-8-18(32(58)59)6-19(9-22)33(60)61)48-46-26-15(2)51-55(28(26)41)36-43-37(45-38(66)44-36)56-29(42)27(16(3)52-56)47-49-31-25(13-40)17(4)53(5)57(31)23-10-20(34(62)63)7-21(11-23)35(64)65/h6-11,17H,41-42H2,1-5H3,(H,58,59)(H,60,61)(H,62,63)(H,64,65)(H,43,44,45,66). The number of carboxylic acids is 4. The highest BCUT2D eigenvalue weighted by Gasteiger charge is 2.37. The number of hydrogen-bond acceptors (Lipinski definition) is 21. The minimum Gasteiger partial charge on any atom is -0.479 e. The van der Waals surface area contributed by atoms with Gasteiger partial charge in [0.2, 0.25) is 0 Å². The van der Waals surface area contributed by atoms with Gasteiger partial charge in [-0.05, 0) is 64.1 Å². The van der Waals surface area contributed by atoms with Crippen molar-refractivity contribution < 1.29 is 44.7 Å². The van der Waals surface area contributed by atoms with Gasteiger partial charge in [0.1, 0.15) is 17.7 Å². The summed E-state index contributed by atoms with van der Waals surface area (Å²) in [5, 5.41) is 102. The van der Waals surface area contributed by atoms with Crippen molar-refractivity contribution in [3.63, 3.8) is 0 Å². The quantitative estimate of drug-likeness (QED) is 0.0857. The third kappa shape index (κ3) is 7.75. The summed E-state index contributed by atoms with van der Waals surface area (Å²) in [6, 6.07) is 9.19. The number of nitrogens with zero attached hydrogens (tertiary/aromatic N) is 17. The van der Waals surface area contributed by atoms with Crippen LogP contribution in [0.25, 0.3) is 17.6 Å². The molecule has 28 nitrogen and oxygen atoms in total. The van der Waals surface area contributed by atoms with Crippen LogP contribution in [0.5, 0.6) is 6.01 Å². The Morgan fingerprint density at radius 1 is 0.636 bits per heavy atom. The predicted octanol–water partition coefficient (Wildman–Crippen LogP) is 3.88. The van der Waals surface area contributed by atoms with Crippen molar-refractivity contribution in [1.29, 1.82) is 10.5 Å². The summed E-state index contributed by atoms with van der Waals surface area (Å²) in [5.74, 6) is -7.10. The van der Waals surface area contributed by atoms with Crippen molar-refractivity contribution >= 4 is 58.4 Å². The lowest BCUT2D eigenvalue weighted by Crippen LogP contribution is -2.38. The summed E-state index contributed by atoms with van der Waals surface area (Å²) in [4.78, 5) is 59.6. The van der Waals surface area contributed by atoms with Gasteiger partial charge in [0, 0.05) is 7.05 Å². The molecule has 1 aliphatic heterocycles. The van der Waals surface area contributed by atoms with E-state index in [1.165, 1.54) is 42.9 Å². The molecule has 0 saturated heterocycles. The minimum absolute atomic E-state index is 0.0499. The normalized spacial score (nSPS) is 14.0. The number of anilines is 3. The van der Waals surface area contributed by atoms with E-state index in [1.54, 1.807) is 14.0 Å². The third-order valence-corrected chi connectivity index (χ3v) is 9.91. The number of rotatable bonds is 12. The summed E-state index contributed by atoms with van der Waals surface area (Å²) < 4.78 is 3.01. The number of hydrazine groups is 1. The van der Waals surface area contributed by atoms with Crippen molar-refractivity contribution in [3.8, 4) is 35.7 Å². The van der Waals surface area contributed by atoms with E-state index >= 15 is 0 Å². The maximum Gasteiger partial charge on any atom is 0.335 e. The first-order valence-corrected chi connectivity index (χ1v) is 18.6.